The monoisotopic (exact) mass is 384 g/mol. The summed E-state index contributed by atoms with van der Waals surface area (Å²) in [6.45, 7) is 2.62. The van der Waals surface area contributed by atoms with Gasteiger partial charge in [-0.15, -0.1) is 0 Å². The van der Waals surface area contributed by atoms with Crippen molar-refractivity contribution < 1.29 is 4.79 Å². The predicted octanol–water partition coefficient (Wildman–Crippen LogP) is 4.37. The van der Waals surface area contributed by atoms with E-state index in [1.165, 1.54) is 5.56 Å². The Labute approximate surface area is 170 Å². The standard InChI is InChI=1S/C24H24N4O/c1-18-12-14-19(15-13-18)17-26-23(29)11-5-10-22-27-21-9-6-16-25-24(21)28(22)20-7-3-2-4-8-20/h2-4,6-9,12-16H,5,10-11,17H2,1H3,(H,26,29). The summed E-state index contributed by atoms with van der Waals surface area (Å²) in [4.78, 5) is 21.5. The Morgan fingerprint density at radius 1 is 1.00 bits per heavy atom. The van der Waals surface area contributed by atoms with E-state index in [0.29, 0.717) is 19.4 Å². The topological polar surface area (TPSA) is 59.8 Å². The molecule has 0 aliphatic rings. The number of rotatable bonds is 7. The number of amides is 1. The second-order valence-corrected chi connectivity index (χ2v) is 7.16. The molecule has 4 aromatic rings. The van der Waals surface area contributed by atoms with Gasteiger partial charge in [0, 0.05) is 31.3 Å². The zero-order chi connectivity index (χ0) is 20.1. The smallest absolute Gasteiger partial charge is 0.220 e. The number of aromatic nitrogens is 3. The maximum absolute atomic E-state index is 12.2. The van der Waals surface area contributed by atoms with Crippen molar-refractivity contribution in [2.24, 2.45) is 0 Å². The summed E-state index contributed by atoms with van der Waals surface area (Å²) in [5.41, 5.74) is 5.08. The highest BCUT2D eigenvalue weighted by atomic mass is 16.1. The van der Waals surface area contributed by atoms with E-state index in [4.69, 9.17) is 4.98 Å². The number of aryl methyl sites for hydroxylation is 2. The van der Waals surface area contributed by atoms with Crippen LogP contribution in [-0.4, -0.2) is 20.4 Å². The van der Waals surface area contributed by atoms with Gasteiger partial charge in [-0.25, -0.2) is 9.97 Å². The van der Waals surface area contributed by atoms with E-state index < -0.39 is 0 Å². The minimum Gasteiger partial charge on any atom is -0.352 e. The molecule has 0 aliphatic carbocycles. The first kappa shape index (κ1) is 18.9. The number of hydrogen-bond donors (Lipinski definition) is 1. The molecule has 1 N–H and O–H groups in total. The number of benzene rings is 2. The van der Waals surface area contributed by atoms with Gasteiger partial charge in [0.25, 0.3) is 0 Å². The van der Waals surface area contributed by atoms with Gasteiger partial charge in [-0.2, -0.15) is 0 Å². The van der Waals surface area contributed by atoms with Crippen LogP contribution in [-0.2, 0) is 17.8 Å². The Morgan fingerprint density at radius 2 is 1.79 bits per heavy atom. The maximum Gasteiger partial charge on any atom is 0.220 e. The lowest BCUT2D eigenvalue weighted by atomic mass is 10.1. The Balaban J connectivity index is 1.41. The molecule has 0 atom stereocenters. The molecule has 0 unspecified atom stereocenters. The van der Waals surface area contributed by atoms with Gasteiger partial charge in [0.15, 0.2) is 5.65 Å². The van der Waals surface area contributed by atoms with Crippen LogP contribution in [0.5, 0.6) is 0 Å². The van der Waals surface area contributed by atoms with Crippen LogP contribution in [0.25, 0.3) is 16.9 Å². The first-order chi connectivity index (χ1) is 14.2. The first-order valence-electron chi connectivity index (χ1n) is 9.91. The van der Waals surface area contributed by atoms with Crippen LogP contribution in [0.1, 0.15) is 29.8 Å². The molecular formula is C24H24N4O. The number of nitrogens with zero attached hydrogens (tertiary/aromatic N) is 3. The van der Waals surface area contributed by atoms with Crippen molar-refractivity contribution in [2.75, 3.05) is 0 Å². The summed E-state index contributed by atoms with van der Waals surface area (Å²) in [7, 11) is 0. The van der Waals surface area contributed by atoms with Crippen molar-refractivity contribution in [1.29, 1.82) is 0 Å². The lowest BCUT2D eigenvalue weighted by molar-refractivity contribution is -0.121. The quantitative estimate of drug-likeness (QED) is 0.515. The highest BCUT2D eigenvalue weighted by molar-refractivity contribution is 5.76. The summed E-state index contributed by atoms with van der Waals surface area (Å²) in [6.07, 6.45) is 3.70. The number of pyridine rings is 1. The number of fused-ring (bicyclic) bond motifs is 1. The minimum absolute atomic E-state index is 0.0612. The molecular weight excluding hydrogens is 360 g/mol. The zero-order valence-corrected chi connectivity index (χ0v) is 16.5. The molecule has 4 rings (SSSR count). The SMILES string of the molecule is Cc1ccc(CNC(=O)CCCc2nc3cccnc3n2-c2ccccc2)cc1. The van der Waals surface area contributed by atoms with E-state index in [1.807, 2.05) is 54.6 Å². The van der Waals surface area contributed by atoms with Crippen LogP contribution in [0, 0.1) is 6.92 Å². The highest BCUT2D eigenvalue weighted by Gasteiger charge is 2.13. The number of carbonyl (C=O) groups excluding carboxylic acids is 1. The molecule has 2 aromatic heterocycles. The molecule has 0 radical (unpaired) electrons. The molecule has 146 valence electrons. The lowest BCUT2D eigenvalue weighted by Crippen LogP contribution is -2.22. The summed E-state index contributed by atoms with van der Waals surface area (Å²) < 4.78 is 2.08. The van der Waals surface area contributed by atoms with E-state index in [-0.39, 0.29) is 5.91 Å². The Morgan fingerprint density at radius 3 is 2.59 bits per heavy atom. The van der Waals surface area contributed by atoms with E-state index in [9.17, 15) is 4.79 Å². The number of para-hydroxylation sites is 1. The molecule has 2 aromatic carbocycles. The number of carbonyl (C=O) groups is 1. The van der Waals surface area contributed by atoms with Crippen molar-refractivity contribution in [2.45, 2.75) is 32.7 Å². The van der Waals surface area contributed by atoms with Crippen molar-refractivity contribution in [3.05, 3.63) is 89.9 Å². The minimum atomic E-state index is 0.0612. The van der Waals surface area contributed by atoms with Gasteiger partial charge in [0.05, 0.1) is 0 Å². The van der Waals surface area contributed by atoms with Crippen molar-refractivity contribution in [3.8, 4) is 5.69 Å². The fraction of sp³-hybridized carbons (Fsp3) is 0.208. The van der Waals surface area contributed by atoms with Crippen LogP contribution in [0.4, 0.5) is 0 Å². The fourth-order valence-electron chi connectivity index (χ4n) is 3.38. The maximum atomic E-state index is 12.2. The van der Waals surface area contributed by atoms with E-state index >= 15 is 0 Å². The Kier molecular flexibility index (Phi) is 5.66. The van der Waals surface area contributed by atoms with Crippen molar-refractivity contribution in [3.63, 3.8) is 0 Å². The molecule has 2 heterocycles. The number of imidazole rings is 1. The highest BCUT2D eigenvalue weighted by Crippen LogP contribution is 2.20. The second kappa shape index (κ2) is 8.69. The van der Waals surface area contributed by atoms with E-state index in [2.05, 4.69) is 33.9 Å². The van der Waals surface area contributed by atoms with E-state index in [1.54, 1.807) is 6.20 Å². The number of nitrogens with one attached hydrogen (secondary N) is 1. The number of hydrogen-bond acceptors (Lipinski definition) is 3. The molecule has 0 fully saturated rings. The van der Waals surface area contributed by atoms with Gasteiger partial charge in [0.2, 0.25) is 5.91 Å². The molecule has 0 aliphatic heterocycles. The third kappa shape index (κ3) is 4.51. The van der Waals surface area contributed by atoms with E-state index in [0.717, 1.165) is 34.7 Å². The molecule has 0 saturated carbocycles. The van der Waals surface area contributed by atoms with Gasteiger partial charge < -0.3 is 5.32 Å². The van der Waals surface area contributed by atoms with Crippen LogP contribution < -0.4 is 5.32 Å². The summed E-state index contributed by atoms with van der Waals surface area (Å²) in [6, 6.07) is 22.2. The molecule has 29 heavy (non-hydrogen) atoms. The molecule has 0 spiro atoms. The van der Waals surface area contributed by atoms with Gasteiger partial charge >= 0.3 is 0 Å². The predicted molar refractivity (Wildman–Crippen MR) is 115 cm³/mol. The van der Waals surface area contributed by atoms with Crippen LogP contribution >= 0.6 is 0 Å². The van der Waals surface area contributed by atoms with Gasteiger partial charge in [-0.05, 0) is 43.2 Å². The molecule has 1 amide bonds. The average Bonchev–Trinajstić information content (AvgIpc) is 3.12. The lowest BCUT2D eigenvalue weighted by Gasteiger charge is -2.09. The fourth-order valence-corrected chi connectivity index (χ4v) is 3.38. The van der Waals surface area contributed by atoms with Gasteiger partial charge in [0.1, 0.15) is 11.3 Å². The largest absolute Gasteiger partial charge is 0.352 e. The first-order valence-corrected chi connectivity index (χ1v) is 9.91. The molecule has 5 nitrogen and oxygen atoms in total. The van der Waals surface area contributed by atoms with Crippen LogP contribution in [0.3, 0.4) is 0 Å². The van der Waals surface area contributed by atoms with Crippen LogP contribution in [0.15, 0.2) is 72.9 Å². The summed E-state index contributed by atoms with van der Waals surface area (Å²) >= 11 is 0. The summed E-state index contributed by atoms with van der Waals surface area (Å²) in [5.74, 6) is 0.988. The Hall–Kier alpha value is -3.47. The average molecular weight is 384 g/mol. The molecule has 0 bridgehead atoms. The van der Waals surface area contributed by atoms with Gasteiger partial charge in [-0.1, -0.05) is 48.0 Å². The van der Waals surface area contributed by atoms with Crippen LogP contribution in [0.2, 0.25) is 0 Å². The van der Waals surface area contributed by atoms with Crippen molar-refractivity contribution >= 4 is 17.1 Å². The second-order valence-electron chi connectivity index (χ2n) is 7.16. The van der Waals surface area contributed by atoms with Crippen molar-refractivity contribution in [1.82, 2.24) is 19.9 Å². The molecule has 5 heteroatoms. The summed E-state index contributed by atoms with van der Waals surface area (Å²) in [5, 5.41) is 3.00. The third-order valence-corrected chi connectivity index (χ3v) is 4.91. The normalized spacial score (nSPS) is 10.9. The molecule has 0 saturated heterocycles. The Bertz CT molecular complexity index is 1100. The third-order valence-electron chi connectivity index (χ3n) is 4.91. The van der Waals surface area contributed by atoms with Gasteiger partial charge in [-0.3, -0.25) is 9.36 Å². The zero-order valence-electron chi connectivity index (χ0n) is 16.5.